The Kier molecular flexibility index (Phi) is 5.35. The fraction of sp³-hybridized carbons (Fsp3) is 0.750. The highest BCUT2D eigenvalue weighted by Crippen LogP contribution is 2.30. The Labute approximate surface area is 113 Å². The minimum Gasteiger partial charge on any atom is -0.308 e. The molecule has 0 fully saturated rings. The summed E-state index contributed by atoms with van der Waals surface area (Å²) in [5.74, 6) is 0.997. The van der Waals surface area contributed by atoms with Gasteiger partial charge in [0.05, 0.1) is 23.0 Å². The molecule has 0 amide bonds. The first kappa shape index (κ1) is 14.9. The van der Waals surface area contributed by atoms with Gasteiger partial charge in [0, 0.05) is 17.5 Å². The standard InChI is InChI=1S/C12H22ClN3S/c1-6-14-10(8-17-12(2,3)4)11-9(13)7-15-16(11)5/h7,10,14H,6,8H2,1-5H3. The van der Waals surface area contributed by atoms with Gasteiger partial charge in [-0.05, 0) is 6.54 Å². The van der Waals surface area contributed by atoms with E-state index in [0.717, 1.165) is 23.0 Å². The second kappa shape index (κ2) is 6.12. The first-order valence-corrected chi connectivity index (χ1v) is 7.26. The van der Waals surface area contributed by atoms with E-state index in [4.69, 9.17) is 11.6 Å². The number of hydrogen-bond donors (Lipinski definition) is 1. The summed E-state index contributed by atoms with van der Waals surface area (Å²) in [6.45, 7) is 9.72. The van der Waals surface area contributed by atoms with Crippen molar-refractivity contribution < 1.29 is 0 Å². The molecule has 1 rings (SSSR count). The van der Waals surface area contributed by atoms with Crippen LogP contribution in [0.5, 0.6) is 0 Å². The Balaban J connectivity index is 2.79. The van der Waals surface area contributed by atoms with Crippen LogP contribution in [-0.2, 0) is 7.05 Å². The number of nitrogens with zero attached hydrogens (tertiary/aromatic N) is 2. The normalized spacial score (nSPS) is 14.0. The van der Waals surface area contributed by atoms with Crippen molar-refractivity contribution in [1.82, 2.24) is 15.1 Å². The van der Waals surface area contributed by atoms with Crippen molar-refractivity contribution in [2.24, 2.45) is 7.05 Å². The van der Waals surface area contributed by atoms with Crippen LogP contribution in [0.15, 0.2) is 6.20 Å². The lowest BCUT2D eigenvalue weighted by Gasteiger charge is -2.24. The molecular weight excluding hydrogens is 254 g/mol. The van der Waals surface area contributed by atoms with Gasteiger partial charge in [-0.25, -0.2) is 0 Å². The number of halogens is 1. The van der Waals surface area contributed by atoms with Crippen LogP contribution in [0, 0.1) is 0 Å². The summed E-state index contributed by atoms with van der Waals surface area (Å²) in [5.41, 5.74) is 1.07. The lowest BCUT2D eigenvalue weighted by molar-refractivity contribution is 0.551. The molecule has 0 aliphatic rings. The van der Waals surface area contributed by atoms with Crippen LogP contribution in [0.25, 0.3) is 0 Å². The van der Waals surface area contributed by atoms with Crippen LogP contribution in [0.2, 0.25) is 5.02 Å². The topological polar surface area (TPSA) is 29.9 Å². The summed E-state index contributed by atoms with van der Waals surface area (Å²) in [6, 6.07) is 0.254. The summed E-state index contributed by atoms with van der Waals surface area (Å²) < 4.78 is 2.12. The summed E-state index contributed by atoms with van der Waals surface area (Å²) in [5, 5.41) is 8.42. The van der Waals surface area contributed by atoms with Crippen LogP contribution >= 0.6 is 23.4 Å². The van der Waals surface area contributed by atoms with E-state index >= 15 is 0 Å². The van der Waals surface area contributed by atoms with Crippen LogP contribution in [0.4, 0.5) is 0 Å². The zero-order valence-corrected chi connectivity index (χ0v) is 12.8. The minimum atomic E-state index is 0.254. The van der Waals surface area contributed by atoms with Crippen LogP contribution in [0.3, 0.4) is 0 Å². The quantitative estimate of drug-likeness (QED) is 0.895. The fourth-order valence-corrected chi connectivity index (χ4v) is 2.87. The monoisotopic (exact) mass is 275 g/mol. The molecule has 0 radical (unpaired) electrons. The zero-order valence-electron chi connectivity index (χ0n) is 11.2. The van der Waals surface area contributed by atoms with Crippen molar-refractivity contribution in [3.05, 3.63) is 16.9 Å². The predicted octanol–water partition coefficient (Wildman–Crippen LogP) is 3.26. The highest BCUT2D eigenvalue weighted by molar-refractivity contribution is 8.00. The Morgan fingerprint density at radius 2 is 2.18 bits per heavy atom. The van der Waals surface area contributed by atoms with Gasteiger partial charge in [0.15, 0.2) is 0 Å². The summed E-state index contributed by atoms with van der Waals surface area (Å²) in [7, 11) is 1.94. The lowest BCUT2D eigenvalue weighted by Crippen LogP contribution is -2.27. The van der Waals surface area contributed by atoms with Gasteiger partial charge in [0.1, 0.15) is 0 Å². The summed E-state index contributed by atoms with van der Waals surface area (Å²) >= 11 is 8.13. The largest absolute Gasteiger partial charge is 0.308 e. The molecule has 5 heteroatoms. The van der Waals surface area contributed by atoms with E-state index in [2.05, 4.69) is 38.1 Å². The Morgan fingerprint density at radius 3 is 2.59 bits per heavy atom. The Hall–Kier alpha value is -0.190. The molecule has 0 bridgehead atoms. The molecule has 1 heterocycles. The number of rotatable bonds is 5. The van der Waals surface area contributed by atoms with Crippen LogP contribution in [-0.4, -0.2) is 26.8 Å². The number of aromatic nitrogens is 2. The highest BCUT2D eigenvalue weighted by atomic mass is 35.5. The summed E-state index contributed by atoms with van der Waals surface area (Å²) in [6.07, 6.45) is 1.71. The van der Waals surface area contributed by atoms with E-state index < -0.39 is 0 Å². The number of nitrogens with one attached hydrogen (secondary N) is 1. The molecule has 1 unspecified atom stereocenters. The molecule has 1 atom stereocenters. The second-order valence-corrected chi connectivity index (χ2v) is 7.29. The van der Waals surface area contributed by atoms with Gasteiger partial charge in [0.25, 0.3) is 0 Å². The average molecular weight is 276 g/mol. The van der Waals surface area contributed by atoms with E-state index in [9.17, 15) is 0 Å². The molecule has 1 aromatic rings. The van der Waals surface area contributed by atoms with Crippen molar-refractivity contribution in [3.63, 3.8) is 0 Å². The van der Waals surface area contributed by atoms with Crippen LogP contribution < -0.4 is 5.32 Å². The fourth-order valence-electron chi connectivity index (χ4n) is 1.63. The van der Waals surface area contributed by atoms with Gasteiger partial charge in [0.2, 0.25) is 0 Å². The molecular formula is C12H22ClN3S. The smallest absolute Gasteiger partial charge is 0.0834 e. The molecule has 98 valence electrons. The molecule has 3 nitrogen and oxygen atoms in total. The third-order valence-electron chi connectivity index (χ3n) is 2.40. The van der Waals surface area contributed by atoms with Gasteiger partial charge in [-0.2, -0.15) is 16.9 Å². The average Bonchev–Trinajstić information content (AvgIpc) is 2.53. The molecule has 17 heavy (non-hydrogen) atoms. The van der Waals surface area contributed by atoms with E-state index in [1.54, 1.807) is 6.20 Å². The Morgan fingerprint density at radius 1 is 1.53 bits per heavy atom. The highest BCUT2D eigenvalue weighted by Gasteiger charge is 2.21. The van der Waals surface area contributed by atoms with E-state index in [1.807, 2.05) is 23.5 Å². The molecule has 0 spiro atoms. The van der Waals surface area contributed by atoms with Gasteiger partial charge in [-0.1, -0.05) is 39.3 Å². The zero-order chi connectivity index (χ0) is 13.1. The maximum Gasteiger partial charge on any atom is 0.0834 e. The molecule has 0 saturated carbocycles. The van der Waals surface area contributed by atoms with Crippen molar-refractivity contribution in [1.29, 1.82) is 0 Å². The van der Waals surface area contributed by atoms with E-state index in [0.29, 0.717) is 0 Å². The first-order valence-electron chi connectivity index (χ1n) is 5.90. The van der Waals surface area contributed by atoms with Crippen LogP contribution in [0.1, 0.15) is 39.4 Å². The van der Waals surface area contributed by atoms with Crippen molar-refractivity contribution in [3.8, 4) is 0 Å². The van der Waals surface area contributed by atoms with E-state index in [1.165, 1.54) is 0 Å². The van der Waals surface area contributed by atoms with Crippen molar-refractivity contribution in [2.45, 2.75) is 38.5 Å². The van der Waals surface area contributed by atoms with E-state index in [-0.39, 0.29) is 10.8 Å². The molecule has 1 N–H and O–H groups in total. The number of hydrogen-bond acceptors (Lipinski definition) is 3. The molecule has 0 aliphatic carbocycles. The van der Waals surface area contributed by atoms with Gasteiger partial charge in [-0.15, -0.1) is 0 Å². The van der Waals surface area contributed by atoms with Crippen molar-refractivity contribution in [2.75, 3.05) is 12.3 Å². The molecule has 0 aliphatic heterocycles. The van der Waals surface area contributed by atoms with Gasteiger partial charge >= 0.3 is 0 Å². The third-order valence-corrected chi connectivity index (χ3v) is 4.06. The molecule has 0 aromatic carbocycles. The SMILES string of the molecule is CCNC(CSC(C)(C)C)c1c(Cl)cnn1C. The molecule has 0 saturated heterocycles. The third kappa shape index (κ3) is 4.53. The van der Waals surface area contributed by atoms with Gasteiger partial charge in [-0.3, -0.25) is 4.68 Å². The minimum absolute atomic E-state index is 0.254. The lowest BCUT2D eigenvalue weighted by atomic mass is 10.2. The maximum atomic E-state index is 6.19. The molecule has 1 aromatic heterocycles. The van der Waals surface area contributed by atoms with Crippen molar-refractivity contribution >= 4 is 23.4 Å². The number of thioether (sulfide) groups is 1. The predicted molar refractivity (Wildman–Crippen MR) is 76.8 cm³/mol. The Bertz CT molecular complexity index is 338. The second-order valence-electron chi connectivity index (χ2n) is 5.03. The first-order chi connectivity index (χ1) is 7.85. The summed E-state index contributed by atoms with van der Waals surface area (Å²) in [4.78, 5) is 0. The van der Waals surface area contributed by atoms with Gasteiger partial charge < -0.3 is 5.32 Å². The maximum absolute atomic E-state index is 6.19. The number of aryl methyl sites for hydroxylation is 1.